The van der Waals surface area contributed by atoms with E-state index in [2.05, 4.69) is 5.32 Å². The van der Waals surface area contributed by atoms with Gasteiger partial charge in [-0.3, -0.25) is 4.79 Å². The number of benzene rings is 2. The number of para-hydroxylation sites is 1. The summed E-state index contributed by atoms with van der Waals surface area (Å²) in [5, 5.41) is 11.7. The minimum absolute atomic E-state index is 0.0491. The molecule has 29 heavy (non-hydrogen) atoms. The van der Waals surface area contributed by atoms with Gasteiger partial charge >= 0.3 is 0 Å². The average Bonchev–Trinajstić information content (AvgIpc) is 2.73. The molecule has 1 N–H and O–H groups in total. The molecule has 0 radical (unpaired) electrons. The van der Waals surface area contributed by atoms with Crippen LogP contribution in [0.4, 0.5) is 5.69 Å². The number of nitrogens with zero attached hydrogens (tertiary/aromatic N) is 2. The summed E-state index contributed by atoms with van der Waals surface area (Å²) in [5.41, 5.74) is 0.521. The number of nitriles is 1. The van der Waals surface area contributed by atoms with E-state index in [1.165, 1.54) is 29.6 Å². The quantitative estimate of drug-likeness (QED) is 0.672. The van der Waals surface area contributed by atoms with Crippen molar-refractivity contribution in [3.05, 3.63) is 48.0 Å². The van der Waals surface area contributed by atoms with Crippen molar-refractivity contribution in [2.24, 2.45) is 0 Å². The van der Waals surface area contributed by atoms with Crippen molar-refractivity contribution in [2.75, 3.05) is 32.1 Å². The highest BCUT2D eigenvalue weighted by Crippen LogP contribution is 2.29. The Balaban J connectivity index is 2.21. The number of anilines is 1. The standard InChI is InChI=1S/C20H23N3O5S/c1-4-23(5-2)29(25,26)16-10-11-19(27-3)17(12-16)22-20(24)14-28-18-9-7-6-8-15(18)13-21/h6-12H,4-5,14H2,1-3H3,(H,22,24). The van der Waals surface area contributed by atoms with Crippen LogP contribution < -0.4 is 14.8 Å². The summed E-state index contributed by atoms with van der Waals surface area (Å²) >= 11 is 0. The molecule has 154 valence electrons. The number of nitrogens with one attached hydrogen (secondary N) is 1. The number of sulfonamides is 1. The van der Waals surface area contributed by atoms with Crippen LogP contribution >= 0.6 is 0 Å². The summed E-state index contributed by atoms with van der Waals surface area (Å²) in [7, 11) is -2.27. The van der Waals surface area contributed by atoms with Gasteiger partial charge in [0, 0.05) is 13.1 Å². The van der Waals surface area contributed by atoms with E-state index in [0.29, 0.717) is 24.4 Å². The van der Waals surface area contributed by atoms with Crippen LogP contribution in [-0.2, 0) is 14.8 Å². The third-order valence-corrected chi connectivity index (χ3v) is 6.20. The topological polar surface area (TPSA) is 109 Å². The molecule has 0 aromatic heterocycles. The summed E-state index contributed by atoms with van der Waals surface area (Å²) in [6.07, 6.45) is 0. The summed E-state index contributed by atoms with van der Waals surface area (Å²) in [6, 6.07) is 12.8. The van der Waals surface area contributed by atoms with Gasteiger partial charge in [0.25, 0.3) is 5.91 Å². The lowest BCUT2D eigenvalue weighted by Gasteiger charge is -2.19. The van der Waals surface area contributed by atoms with Crippen LogP contribution in [0.25, 0.3) is 0 Å². The summed E-state index contributed by atoms with van der Waals surface area (Å²) in [5.74, 6) is 0.0812. The van der Waals surface area contributed by atoms with Crippen LogP contribution in [0.2, 0.25) is 0 Å². The first-order valence-electron chi connectivity index (χ1n) is 8.97. The molecule has 0 fully saturated rings. The first-order valence-corrected chi connectivity index (χ1v) is 10.4. The van der Waals surface area contributed by atoms with E-state index in [1.54, 1.807) is 38.1 Å². The smallest absolute Gasteiger partial charge is 0.262 e. The summed E-state index contributed by atoms with van der Waals surface area (Å²) in [6.45, 7) is 3.82. The van der Waals surface area contributed by atoms with Crippen LogP contribution in [0.1, 0.15) is 19.4 Å². The molecule has 0 spiro atoms. The highest BCUT2D eigenvalue weighted by Gasteiger charge is 2.23. The van der Waals surface area contributed by atoms with Gasteiger partial charge in [-0.25, -0.2) is 8.42 Å². The second-order valence-corrected chi connectivity index (χ2v) is 7.83. The van der Waals surface area contributed by atoms with Gasteiger partial charge in [-0.15, -0.1) is 0 Å². The number of carbonyl (C=O) groups excluding carboxylic acids is 1. The van der Waals surface area contributed by atoms with E-state index >= 15 is 0 Å². The van der Waals surface area contributed by atoms with Crippen molar-refractivity contribution >= 4 is 21.6 Å². The molecule has 8 nitrogen and oxygen atoms in total. The fourth-order valence-electron chi connectivity index (χ4n) is 2.67. The van der Waals surface area contributed by atoms with Crippen molar-refractivity contribution in [3.63, 3.8) is 0 Å². The first-order chi connectivity index (χ1) is 13.9. The van der Waals surface area contributed by atoms with E-state index in [-0.39, 0.29) is 22.9 Å². The normalized spacial score (nSPS) is 11.0. The minimum atomic E-state index is -3.69. The lowest BCUT2D eigenvalue weighted by atomic mass is 10.2. The number of ether oxygens (including phenoxy) is 2. The fraction of sp³-hybridized carbons (Fsp3) is 0.300. The first kappa shape index (κ1) is 22.2. The van der Waals surface area contributed by atoms with Crippen LogP contribution in [0, 0.1) is 11.3 Å². The van der Waals surface area contributed by atoms with Crippen LogP contribution in [0.5, 0.6) is 11.5 Å². The second kappa shape index (κ2) is 9.91. The van der Waals surface area contributed by atoms with Gasteiger partial charge in [0.2, 0.25) is 10.0 Å². The van der Waals surface area contributed by atoms with Crippen molar-refractivity contribution in [3.8, 4) is 17.6 Å². The van der Waals surface area contributed by atoms with Crippen LogP contribution in [0.15, 0.2) is 47.4 Å². The third kappa shape index (κ3) is 5.25. The fourth-order valence-corrected chi connectivity index (χ4v) is 4.16. The molecule has 0 unspecified atom stereocenters. The highest BCUT2D eigenvalue weighted by molar-refractivity contribution is 7.89. The molecular formula is C20H23N3O5S. The monoisotopic (exact) mass is 417 g/mol. The number of methoxy groups -OCH3 is 1. The number of hydrogen-bond donors (Lipinski definition) is 1. The van der Waals surface area contributed by atoms with E-state index in [0.717, 1.165) is 0 Å². The molecule has 0 aliphatic rings. The average molecular weight is 417 g/mol. The van der Waals surface area contributed by atoms with Crippen LogP contribution in [-0.4, -0.2) is 45.4 Å². The van der Waals surface area contributed by atoms with Gasteiger partial charge < -0.3 is 14.8 Å². The molecule has 2 rings (SSSR count). The zero-order valence-corrected chi connectivity index (χ0v) is 17.3. The number of amides is 1. The molecule has 0 bridgehead atoms. The molecule has 0 aliphatic carbocycles. The zero-order chi connectivity index (χ0) is 21.4. The summed E-state index contributed by atoms with van der Waals surface area (Å²) in [4.78, 5) is 12.4. The lowest BCUT2D eigenvalue weighted by Crippen LogP contribution is -2.30. The van der Waals surface area contributed by atoms with Gasteiger partial charge in [0.1, 0.15) is 17.6 Å². The Morgan fingerprint density at radius 2 is 1.83 bits per heavy atom. The summed E-state index contributed by atoms with van der Waals surface area (Å²) < 4.78 is 37.4. The van der Waals surface area contributed by atoms with Crippen molar-refractivity contribution in [1.29, 1.82) is 5.26 Å². The SMILES string of the molecule is CCN(CC)S(=O)(=O)c1ccc(OC)c(NC(=O)COc2ccccc2C#N)c1. The van der Waals surface area contributed by atoms with Crippen molar-refractivity contribution in [1.82, 2.24) is 4.31 Å². The Morgan fingerprint density at radius 1 is 1.14 bits per heavy atom. The van der Waals surface area contributed by atoms with Crippen molar-refractivity contribution in [2.45, 2.75) is 18.7 Å². The van der Waals surface area contributed by atoms with Gasteiger partial charge in [-0.2, -0.15) is 9.57 Å². The molecule has 0 aliphatic heterocycles. The molecule has 2 aromatic rings. The van der Waals surface area contributed by atoms with E-state index in [1.807, 2.05) is 6.07 Å². The largest absolute Gasteiger partial charge is 0.495 e. The van der Waals surface area contributed by atoms with E-state index < -0.39 is 15.9 Å². The molecule has 2 aromatic carbocycles. The molecule has 0 saturated carbocycles. The number of hydrogen-bond acceptors (Lipinski definition) is 6. The Hall–Kier alpha value is -3.09. The Labute approximate surface area is 170 Å². The number of carbonyl (C=O) groups is 1. The molecule has 9 heteroatoms. The maximum absolute atomic E-state index is 12.7. The van der Waals surface area contributed by atoms with Gasteiger partial charge in [0.15, 0.2) is 6.61 Å². The van der Waals surface area contributed by atoms with E-state index in [4.69, 9.17) is 14.7 Å². The number of rotatable bonds is 9. The zero-order valence-electron chi connectivity index (χ0n) is 16.5. The lowest BCUT2D eigenvalue weighted by molar-refractivity contribution is -0.118. The predicted octanol–water partition coefficient (Wildman–Crippen LogP) is 2.61. The molecular weight excluding hydrogens is 394 g/mol. The maximum atomic E-state index is 12.7. The van der Waals surface area contributed by atoms with Crippen LogP contribution in [0.3, 0.4) is 0 Å². The van der Waals surface area contributed by atoms with Gasteiger partial charge in [-0.1, -0.05) is 26.0 Å². The Kier molecular flexibility index (Phi) is 7.59. The highest BCUT2D eigenvalue weighted by atomic mass is 32.2. The Morgan fingerprint density at radius 3 is 2.45 bits per heavy atom. The molecule has 0 saturated heterocycles. The molecule has 0 atom stereocenters. The second-order valence-electron chi connectivity index (χ2n) is 5.90. The van der Waals surface area contributed by atoms with Gasteiger partial charge in [-0.05, 0) is 30.3 Å². The van der Waals surface area contributed by atoms with Crippen molar-refractivity contribution < 1.29 is 22.7 Å². The Bertz CT molecular complexity index is 1010. The molecule has 0 heterocycles. The minimum Gasteiger partial charge on any atom is -0.495 e. The third-order valence-electron chi connectivity index (χ3n) is 4.15. The van der Waals surface area contributed by atoms with E-state index in [9.17, 15) is 13.2 Å². The van der Waals surface area contributed by atoms with Gasteiger partial charge in [0.05, 0.1) is 23.3 Å². The maximum Gasteiger partial charge on any atom is 0.262 e. The predicted molar refractivity (Wildman–Crippen MR) is 108 cm³/mol. The molecule has 1 amide bonds.